The van der Waals surface area contributed by atoms with Crippen LogP contribution in [0.25, 0.3) is 0 Å². The van der Waals surface area contributed by atoms with E-state index in [0.29, 0.717) is 17.3 Å². The van der Waals surface area contributed by atoms with Crippen molar-refractivity contribution in [3.05, 3.63) is 17.0 Å². The normalized spacial score (nSPS) is 18.4. The Bertz CT molecular complexity index is 536. The minimum absolute atomic E-state index is 0.0897. The molecule has 1 aromatic heterocycles. The molecular weight excluding hydrogens is 272 g/mol. The zero-order valence-corrected chi connectivity index (χ0v) is 11.8. The molecule has 1 saturated heterocycles. The van der Waals surface area contributed by atoms with E-state index in [9.17, 15) is 13.2 Å². The minimum Gasteiger partial charge on any atom is -0.355 e. The Morgan fingerprint density at radius 2 is 2.17 bits per heavy atom. The maximum absolute atomic E-state index is 12.4. The molecule has 1 aromatic rings. The van der Waals surface area contributed by atoms with Gasteiger partial charge >= 0.3 is 0 Å². The highest BCUT2D eigenvalue weighted by Gasteiger charge is 2.27. The molecular formula is C11H16N2O3S2. The fraction of sp³-hybridized carbons (Fsp3) is 0.545. The fourth-order valence-electron chi connectivity index (χ4n) is 1.80. The highest BCUT2D eigenvalue weighted by atomic mass is 32.2. The Morgan fingerprint density at radius 3 is 2.83 bits per heavy atom. The summed E-state index contributed by atoms with van der Waals surface area (Å²) in [6, 6.07) is 3.50. The lowest BCUT2D eigenvalue weighted by Gasteiger charge is -2.17. The molecule has 18 heavy (non-hydrogen) atoms. The van der Waals surface area contributed by atoms with Gasteiger partial charge in [0, 0.05) is 30.9 Å². The monoisotopic (exact) mass is 288 g/mol. The summed E-state index contributed by atoms with van der Waals surface area (Å²) >= 11 is 1.31. The number of aryl methyl sites for hydroxylation is 1. The molecule has 0 bridgehead atoms. The van der Waals surface area contributed by atoms with E-state index < -0.39 is 10.0 Å². The van der Waals surface area contributed by atoms with Crippen LogP contribution in [-0.4, -0.2) is 38.3 Å². The summed E-state index contributed by atoms with van der Waals surface area (Å²) in [5, 5.41) is 2.67. The predicted molar refractivity (Wildman–Crippen MR) is 70.1 cm³/mol. The van der Waals surface area contributed by atoms with E-state index in [-0.39, 0.29) is 18.9 Å². The van der Waals surface area contributed by atoms with Crippen LogP contribution in [0.15, 0.2) is 16.3 Å². The Morgan fingerprint density at radius 1 is 1.39 bits per heavy atom. The summed E-state index contributed by atoms with van der Waals surface area (Å²) in [4.78, 5) is 12.3. The van der Waals surface area contributed by atoms with Gasteiger partial charge in [-0.05, 0) is 18.6 Å². The van der Waals surface area contributed by atoms with Crippen molar-refractivity contribution in [1.82, 2.24) is 9.62 Å². The van der Waals surface area contributed by atoms with Crippen LogP contribution in [0, 0.1) is 0 Å². The Kier molecular flexibility index (Phi) is 4.04. The van der Waals surface area contributed by atoms with Crippen LogP contribution >= 0.6 is 11.3 Å². The molecule has 2 rings (SSSR count). The van der Waals surface area contributed by atoms with Crippen LogP contribution in [0.5, 0.6) is 0 Å². The van der Waals surface area contributed by atoms with Gasteiger partial charge in [0.1, 0.15) is 4.21 Å². The second-order valence-electron chi connectivity index (χ2n) is 4.08. The van der Waals surface area contributed by atoms with Crippen molar-refractivity contribution in [2.75, 3.05) is 19.6 Å². The zero-order chi connectivity index (χ0) is 13.2. The minimum atomic E-state index is -3.44. The van der Waals surface area contributed by atoms with E-state index in [4.69, 9.17) is 0 Å². The van der Waals surface area contributed by atoms with Gasteiger partial charge in [-0.15, -0.1) is 11.3 Å². The largest absolute Gasteiger partial charge is 0.355 e. The highest BCUT2D eigenvalue weighted by molar-refractivity contribution is 7.91. The number of sulfonamides is 1. The average Bonchev–Trinajstić information content (AvgIpc) is 2.72. The van der Waals surface area contributed by atoms with Crippen LogP contribution in [-0.2, 0) is 21.2 Å². The summed E-state index contributed by atoms with van der Waals surface area (Å²) in [6.07, 6.45) is 1.06. The van der Waals surface area contributed by atoms with Crippen molar-refractivity contribution >= 4 is 27.3 Å². The molecule has 7 heteroatoms. The topological polar surface area (TPSA) is 66.5 Å². The summed E-state index contributed by atoms with van der Waals surface area (Å²) < 4.78 is 26.5. The van der Waals surface area contributed by atoms with Gasteiger partial charge in [0.25, 0.3) is 10.0 Å². The smallest absolute Gasteiger partial charge is 0.252 e. The van der Waals surface area contributed by atoms with Crippen molar-refractivity contribution in [3.63, 3.8) is 0 Å². The van der Waals surface area contributed by atoms with Gasteiger partial charge in [0.2, 0.25) is 5.91 Å². The first-order valence-corrected chi connectivity index (χ1v) is 8.15. The number of nitrogens with zero attached hydrogens (tertiary/aromatic N) is 1. The van der Waals surface area contributed by atoms with Gasteiger partial charge in [-0.1, -0.05) is 6.92 Å². The lowest BCUT2D eigenvalue weighted by molar-refractivity contribution is -0.120. The van der Waals surface area contributed by atoms with Gasteiger partial charge in [-0.2, -0.15) is 4.31 Å². The van der Waals surface area contributed by atoms with E-state index in [1.54, 1.807) is 6.07 Å². The molecule has 0 aromatic carbocycles. The van der Waals surface area contributed by atoms with Crippen molar-refractivity contribution < 1.29 is 13.2 Å². The first-order valence-electron chi connectivity index (χ1n) is 5.89. The molecule has 1 aliphatic heterocycles. The molecule has 1 fully saturated rings. The third kappa shape index (κ3) is 2.73. The van der Waals surface area contributed by atoms with Crippen LogP contribution in [0.4, 0.5) is 0 Å². The standard InChI is InChI=1S/C11H16N2O3S2/c1-2-9-3-4-11(17-9)18(15,16)13-7-5-10(14)12-6-8-13/h3-4H,2,5-8H2,1H3,(H,12,14). The summed E-state index contributed by atoms with van der Waals surface area (Å²) in [5.74, 6) is -0.0897. The van der Waals surface area contributed by atoms with Crippen LogP contribution < -0.4 is 5.32 Å². The number of hydrogen-bond donors (Lipinski definition) is 1. The summed E-state index contributed by atoms with van der Waals surface area (Å²) in [6.45, 7) is 2.97. The van der Waals surface area contributed by atoms with E-state index in [1.165, 1.54) is 15.6 Å². The first kappa shape index (κ1) is 13.5. The molecule has 1 aliphatic rings. The number of thiophene rings is 1. The van der Waals surface area contributed by atoms with Gasteiger partial charge in [-0.25, -0.2) is 8.42 Å². The number of nitrogens with one attached hydrogen (secondary N) is 1. The molecule has 0 saturated carbocycles. The van der Waals surface area contributed by atoms with E-state index in [2.05, 4.69) is 5.32 Å². The number of amides is 1. The molecule has 2 heterocycles. The Labute approximate surface area is 111 Å². The van der Waals surface area contributed by atoms with Crippen molar-refractivity contribution in [3.8, 4) is 0 Å². The lowest BCUT2D eigenvalue weighted by atomic mass is 10.4. The quantitative estimate of drug-likeness (QED) is 0.895. The molecule has 5 nitrogen and oxygen atoms in total. The second kappa shape index (κ2) is 5.38. The van der Waals surface area contributed by atoms with E-state index in [1.807, 2.05) is 13.0 Å². The lowest BCUT2D eigenvalue weighted by Crippen LogP contribution is -2.33. The molecule has 0 aliphatic carbocycles. The molecule has 0 radical (unpaired) electrons. The third-order valence-electron chi connectivity index (χ3n) is 2.85. The van der Waals surface area contributed by atoms with Gasteiger partial charge in [0.05, 0.1) is 0 Å². The maximum Gasteiger partial charge on any atom is 0.252 e. The summed E-state index contributed by atoms with van der Waals surface area (Å²) in [5.41, 5.74) is 0. The number of hydrogen-bond acceptors (Lipinski definition) is 4. The predicted octanol–water partition coefficient (Wildman–Crippen LogP) is 0.821. The Hall–Kier alpha value is -0.920. The van der Waals surface area contributed by atoms with Crippen molar-refractivity contribution in [2.24, 2.45) is 0 Å². The SMILES string of the molecule is CCc1ccc(S(=O)(=O)N2CCNC(=O)CC2)s1. The molecule has 0 spiro atoms. The average molecular weight is 288 g/mol. The Balaban J connectivity index is 2.22. The molecule has 0 atom stereocenters. The van der Waals surface area contributed by atoms with Crippen LogP contribution in [0.3, 0.4) is 0 Å². The van der Waals surface area contributed by atoms with Gasteiger partial charge in [0.15, 0.2) is 0 Å². The third-order valence-corrected chi connectivity index (χ3v) is 6.45. The number of carbonyl (C=O) groups is 1. The van der Waals surface area contributed by atoms with E-state index >= 15 is 0 Å². The zero-order valence-electron chi connectivity index (χ0n) is 10.2. The molecule has 1 N–H and O–H groups in total. The van der Waals surface area contributed by atoms with Crippen LogP contribution in [0.1, 0.15) is 18.2 Å². The molecule has 0 unspecified atom stereocenters. The van der Waals surface area contributed by atoms with Crippen molar-refractivity contribution in [1.29, 1.82) is 0 Å². The van der Waals surface area contributed by atoms with Crippen LogP contribution in [0.2, 0.25) is 0 Å². The maximum atomic E-state index is 12.4. The summed E-state index contributed by atoms with van der Waals surface area (Å²) in [7, 11) is -3.44. The molecule has 1 amide bonds. The van der Waals surface area contributed by atoms with Gasteiger partial charge < -0.3 is 5.32 Å². The van der Waals surface area contributed by atoms with E-state index in [0.717, 1.165) is 11.3 Å². The first-order chi connectivity index (χ1) is 8.54. The highest BCUT2D eigenvalue weighted by Crippen LogP contribution is 2.25. The number of rotatable bonds is 3. The second-order valence-corrected chi connectivity index (χ2v) is 7.41. The van der Waals surface area contributed by atoms with Gasteiger partial charge in [-0.3, -0.25) is 4.79 Å². The molecule has 100 valence electrons. The van der Waals surface area contributed by atoms with Crippen molar-refractivity contribution in [2.45, 2.75) is 24.0 Å². The fourth-order valence-corrected chi connectivity index (χ4v) is 4.69. The number of carbonyl (C=O) groups excluding carboxylic acids is 1.